The average Bonchev–Trinajstić information content (AvgIpc) is 2.61. The summed E-state index contributed by atoms with van der Waals surface area (Å²) in [6.45, 7) is 4.92. The molecular formula is C21H24N4O. The third-order valence-corrected chi connectivity index (χ3v) is 3.98. The Balaban J connectivity index is 1.60. The first-order chi connectivity index (χ1) is 12.6. The fourth-order valence-corrected chi connectivity index (χ4v) is 2.85. The summed E-state index contributed by atoms with van der Waals surface area (Å²) in [6.07, 6.45) is 2.63. The first kappa shape index (κ1) is 17.7. The van der Waals surface area contributed by atoms with Gasteiger partial charge in [-0.1, -0.05) is 18.2 Å². The molecule has 0 bridgehead atoms. The molecule has 0 aliphatic carbocycles. The number of nitrogens with one attached hydrogen (secondary N) is 2. The van der Waals surface area contributed by atoms with E-state index in [0.717, 1.165) is 30.2 Å². The zero-order valence-electron chi connectivity index (χ0n) is 15.4. The van der Waals surface area contributed by atoms with Gasteiger partial charge >= 0.3 is 0 Å². The number of hydrogen-bond donors (Lipinski definition) is 2. The number of hydrogen-bond acceptors (Lipinski definition) is 5. The molecule has 2 N–H and O–H groups in total. The Labute approximate surface area is 154 Å². The van der Waals surface area contributed by atoms with Crippen LogP contribution in [-0.4, -0.2) is 23.6 Å². The lowest BCUT2D eigenvalue weighted by Gasteiger charge is -2.10. The molecule has 3 aromatic rings. The van der Waals surface area contributed by atoms with Gasteiger partial charge in [0.2, 0.25) is 5.95 Å². The molecular weight excluding hydrogens is 324 g/mol. The van der Waals surface area contributed by atoms with E-state index in [1.54, 1.807) is 13.3 Å². The van der Waals surface area contributed by atoms with Crippen LogP contribution in [0, 0.1) is 13.8 Å². The summed E-state index contributed by atoms with van der Waals surface area (Å²) in [7, 11) is 1.68. The van der Waals surface area contributed by atoms with Gasteiger partial charge in [0.25, 0.3) is 0 Å². The maximum absolute atomic E-state index is 5.26. The number of ether oxygens (including phenoxy) is 1. The highest BCUT2D eigenvalue weighted by molar-refractivity contribution is 5.58. The highest BCUT2D eigenvalue weighted by Crippen LogP contribution is 2.19. The van der Waals surface area contributed by atoms with Gasteiger partial charge in [-0.25, -0.2) is 4.98 Å². The van der Waals surface area contributed by atoms with Crippen molar-refractivity contribution in [2.24, 2.45) is 0 Å². The van der Waals surface area contributed by atoms with Crippen molar-refractivity contribution in [2.45, 2.75) is 20.3 Å². The molecule has 5 nitrogen and oxygen atoms in total. The predicted molar refractivity (Wildman–Crippen MR) is 106 cm³/mol. The van der Waals surface area contributed by atoms with Crippen molar-refractivity contribution in [3.63, 3.8) is 0 Å². The van der Waals surface area contributed by atoms with Crippen molar-refractivity contribution < 1.29 is 4.74 Å². The number of rotatable bonds is 7. The molecule has 1 heterocycles. The summed E-state index contributed by atoms with van der Waals surface area (Å²) in [5.74, 6) is 2.26. The standard InChI is InChI=1S/C21H24N4O/c1-15-11-16(2)13-18(12-15)24-20-8-10-23-21(25-20)22-9-7-17-5-4-6-19(14-17)26-3/h4-6,8,10-14H,7,9H2,1-3H3,(H2,22,23,24,25). The van der Waals surface area contributed by atoms with Crippen LogP contribution in [0.1, 0.15) is 16.7 Å². The van der Waals surface area contributed by atoms with Gasteiger partial charge in [-0.05, 0) is 67.3 Å². The van der Waals surface area contributed by atoms with Crippen LogP contribution in [0.5, 0.6) is 5.75 Å². The zero-order chi connectivity index (χ0) is 18.4. The summed E-state index contributed by atoms with van der Waals surface area (Å²) in [5.41, 5.74) is 4.68. The molecule has 0 saturated heterocycles. The highest BCUT2D eigenvalue weighted by atomic mass is 16.5. The van der Waals surface area contributed by atoms with Gasteiger partial charge in [-0.3, -0.25) is 0 Å². The number of aromatic nitrogens is 2. The molecule has 0 aliphatic heterocycles. The SMILES string of the molecule is COc1cccc(CCNc2nccc(Nc3cc(C)cc(C)c3)n2)c1. The molecule has 0 spiro atoms. The minimum atomic E-state index is 0.613. The van der Waals surface area contributed by atoms with Gasteiger partial charge in [-0.2, -0.15) is 4.98 Å². The summed E-state index contributed by atoms with van der Waals surface area (Å²) < 4.78 is 5.26. The molecule has 0 radical (unpaired) electrons. The average molecular weight is 348 g/mol. The molecule has 0 saturated carbocycles. The molecule has 0 atom stereocenters. The lowest BCUT2D eigenvalue weighted by molar-refractivity contribution is 0.414. The number of methoxy groups -OCH3 is 1. The van der Waals surface area contributed by atoms with Crippen LogP contribution in [-0.2, 0) is 6.42 Å². The Morgan fingerprint density at radius 2 is 1.81 bits per heavy atom. The van der Waals surface area contributed by atoms with E-state index < -0.39 is 0 Å². The molecule has 5 heteroatoms. The van der Waals surface area contributed by atoms with Crippen LogP contribution in [0.4, 0.5) is 17.5 Å². The Bertz CT molecular complexity index is 859. The van der Waals surface area contributed by atoms with Gasteiger partial charge in [-0.15, -0.1) is 0 Å². The monoisotopic (exact) mass is 348 g/mol. The molecule has 26 heavy (non-hydrogen) atoms. The van der Waals surface area contributed by atoms with Gasteiger partial charge < -0.3 is 15.4 Å². The number of nitrogens with zero attached hydrogens (tertiary/aromatic N) is 2. The van der Waals surface area contributed by atoms with E-state index in [4.69, 9.17) is 4.74 Å². The van der Waals surface area contributed by atoms with Crippen LogP contribution in [0.15, 0.2) is 54.7 Å². The second-order valence-corrected chi connectivity index (χ2v) is 6.30. The van der Waals surface area contributed by atoms with Crippen LogP contribution in [0.2, 0.25) is 0 Å². The van der Waals surface area contributed by atoms with E-state index in [-0.39, 0.29) is 0 Å². The van der Waals surface area contributed by atoms with E-state index in [1.807, 2.05) is 24.3 Å². The van der Waals surface area contributed by atoms with Crippen LogP contribution in [0.25, 0.3) is 0 Å². The number of aryl methyl sites for hydroxylation is 2. The van der Waals surface area contributed by atoms with Crippen molar-refractivity contribution in [1.82, 2.24) is 9.97 Å². The second kappa shape index (κ2) is 8.34. The minimum Gasteiger partial charge on any atom is -0.497 e. The van der Waals surface area contributed by atoms with Crippen LogP contribution >= 0.6 is 0 Å². The topological polar surface area (TPSA) is 59.1 Å². The summed E-state index contributed by atoms with van der Waals surface area (Å²) >= 11 is 0. The Hall–Kier alpha value is -3.08. The Kier molecular flexibility index (Phi) is 5.69. The van der Waals surface area contributed by atoms with E-state index in [1.165, 1.54) is 16.7 Å². The third-order valence-electron chi connectivity index (χ3n) is 3.98. The molecule has 2 aromatic carbocycles. The maximum Gasteiger partial charge on any atom is 0.224 e. The normalized spacial score (nSPS) is 10.4. The van der Waals surface area contributed by atoms with Gasteiger partial charge in [0.15, 0.2) is 0 Å². The Morgan fingerprint density at radius 3 is 2.58 bits per heavy atom. The minimum absolute atomic E-state index is 0.613. The predicted octanol–water partition coefficient (Wildman–Crippen LogP) is 4.50. The molecule has 0 amide bonds. The lowest BCUT2D eigenvalue weighted by Crippen LogP contribution is -2.08. The molecule has 0 fully saturated rings. The van der Waals surface area contributed by atoms with Crippen molar-refractivity contribution in [1.29, 1.82) is 0 Å². The van der Waals surface area contributed by atoms with Gasteiger partial charge in [0, 0.05) is 18.4 Å². The molecule has 3 rings (SSSR count). The van der Waals surface area contributed by atoms with E-state index in [0.29, 0.717) is 5.95 Å². The van der Waals surface area contributed by atoms with E-state index >= 15 is 0 Å². The quantitative estimate of drug-likeness (QED) is 0.658. The van der Waals surface area contributed by atoms with Crippen LogP contribution < -0.4 is 15.4 Å². The molecule has 0 unspecified atom stereocenters. The van der Waals surface area contributed by atoms with Crippen molar-refractivity contribution in [2.75, 3.05) is 24.3 Å². The smallest absolute Gasteiger partial charge is 0.224 e. The Morgan fingerprint density at radius 1 is 1.00 bits per heavy atom. The second-order valence-electron chi connectivity index (χ2n) is 6.30. The first-order valence-electron chi connectivity index (χ1n) is 8.67. The molecule has 1 aromatic heterocycles. The van der Waals surface area contributed by atoms with Crippen molar-refractivity contribution in [3.05, 3.63) is 71.4 Å². The van der Waals surface area contributed by atoms with Crippen molar-refractivity contribution in [3.8, 4) is 5.75 Å². The van der Waals surface area contributed by atoms with E-state index in [2.05, 4.69) is 58.7 Å². The molecule has 0 aliphatic rings. The lowest BCUT2D eigenvalue weighted by atomic mass is 10.1. The van der Waals surface area contributed by atoms with Crippen molar-refractivity contribution >= 4 is 17.5 Å². The van der Waals surface area contributed by atoms with Gasteiger partial charge in [0.05, 0.1) is 7.11 Å². The van der Waals surface area contributed by atoms with Gasteiger partial charge in [0.1, 0.15) is 11.6 Å². The summed E-state index contributed by atoms with van der Waals surface area (Å²) in [6, 6.07) is 16.3. The first-order valence-corrected chi connectivity index (χ1v) is 8.67. The largest absolute Gasteiger partial charge is 0.497 e. The maximum atomic E-state index is 5.26. The fraction of sp³-hybridized carbons (Fsp3) is 0.238. The number of benzene rings is 2. The highest BCUT2D eigenvalue weighted by Gasteiger charge is 2.02. The van der Waals surface area contributed by atoms with Crippen LogP contribution in [0.3, 0.4) is 0 Å². The zero-order valence-corrected chi connectivity index (χ0v) is 15.4. The summed E-state index contributed by atoms with van der Waals surface area (Å²) in [5, 5.41) is 6.62. The third kappa shape index (κ3) is 4.96. The molecule has 134 valence electrons. The van der Waals surface area contributed by atoms with E-state index in [9.17, 15) is 0 Å². The number of anilines is 3. The summed E-state index contributed by atoms with van der Waals surface area (Å²) in [4.78, 5) is 8.83. The fourth-order valence-electron chi connectivity index (χ4n) is 2.85.